The Morgan fingerprint density at radius 2 is 2.11 bits per heavy atom. The van der Waals surface area contributed by atoms with Crippen molar-refractivity contribution in [2.45, 2.75) is 25.9 Å². The van der Waals surface area contributed by atoms with Crippen LogP contribution in [0.4, 0.5) is 0 Å². The average molecular weight is 131 g/mol. The molecule has 3 nitrogen and oxygen atoms in total. The molecule has 9 heavy (non-hydrogen) atoms. The zero-order valence-corrected chi connectivity index (χ0v) is 6.52. The molecule has 0 aliphatic rings. The van der Waals surface area contributed by atoms with E-state index in [1.165, 1.54) is 0 Å². The van der Waals surface area contributed by atoms with E-state index in [1.54, 1.807) is 0 Å². The summed E-state index contributed by atoms with van der Waals surface area (Å²) in [6.45, 7) is 2.15. The Labute approximate surface area is 57.2 Å². The normalized spacial score (nSPS) is 14.3. The lowest BCUT2D eigenvalue weighted by Gasteiger charge is -2.22. The summed E-state index contributed by atoms with van der Waals surface area (Å²) in [7, 11) is 4.03. The molecular weight excluding hydrogens is 114 g/mol. The molecule has 0 amide bonds. The molecule has 1 atom stereocenters. The molecule has 0 radical (unpaired) electrons. The highest BCUT2D eigenvalue weighted by Gasteiger charge is 2.04. The lowest BCUT2D eigenvalue weighted by atomic mass is 10.3. The highest BCUT2D eigenvalue weighted by molar-refractivity contribution is 4.57. The molecule has 0 spiro atoms. The second kappa shape index (κ2) is 4.73. The third-order valence-electron chi connectivity index (χ3n) is 1.38. The van der Waals surface area contributed by atoms with Crippen molar-refractivity contribution in [2.75, 3.05) is 14.1 Å². The monoisotopic (exact) mass is 131 g/mol. The van der Waals surface area contributed by atoms with Gasteiger partial charge in [-0.05, 0) is 20.5 Å². The molecule has 0 heterocycles. The van der Waals surface area contributed by atoms with E-state index in [4.69, 9.17) is 5.84 Å². The molecular formula is C6H17N3. The largest absolute Gasteiger partial charge is 0.293 e. The number of nitrogens with one attached hydrogen (secondary N) is 1. The topological polar surface area (TPSA) is 41.3 Å². The Balaban J connectivity index is 3.41. The summed E-state index contributed by atoms with van der Waals surface area (Å²) in [4.78, 5) is 2.07. The summed E-state index contributed by atoms with van der Waals surface area (Å²) < 4.78 is 0. The Morgan fingerprint density at radius 3 is 2.22 bits per heavy atom. The van der Waals surface area contributed by atoms with Gasteiger partial charge in [0.2, 0.25) is 0 Å². The van der Waals surface area contributed by atoms with Crippen molar-refractivity contribution in [3.63, 3.8) is 0 Å². The predicted octanol–water partition coefficient (Wildman–Crippen LogP) is 0.137. The third-order valence-corrected chi connectivity index (χ3v) is 1.38. The van der Waals surface area contributed by atoms with Crippen molar-refractivity contribution in [3.05, 3.63) is 0 Å². The van der Waals surface area contributed by atoms with Gasteiger partial charge in [0.1, 0.15) is 0 Å². The number of rotatable bonds is 4. The number of hydrazine groups is 1. The summed E-state index contributed by atoms with van der Waals surface area (Å²) in [5.41, 5.74) is 2.73. The van der Waals surface area contributed by atoms with Gasteiger partial charge >= 0.3 is 0 Å². The van der Waals surface area contributed by atoms with Crippen LogP contribution in [-0.2, 0) is 0 Å². The van der Waals surface area contributed by atoms with Crippen LogP contribution in [0.25, 0.3) is 0 Å². The molecule has 0 aliphatic carbocycles. The van der Waals surface area contributed by atoms with Gasteiger partial charge in [-0.1, -0.05) is 13.3 Å². The number of nitrogens with zero attached hydrogens (tertiary/aromatic N) is 1. The van der Waals surface area contributed by atoms with E-state index in [2.05, 4.69) is 17.2 Å². The minimum atomic E-state index is 0.329. The second-order valence-electron chi connectivity index (χ2n) is 2.43. The first-order valence-corrected chi connectivity index (χ1v) is 3.35. The molecule has 0 saturated carbocycles. The van der Waals surface area contributed by atoms with Crippen LogP contribution in [0.15, 0.2) is 0 Å². The summed E-state index contributed by atoms with van der Waals surface area (Å²) in [5.74, 6) is 5.27. The minimum Gasteiger partial charge on any atom is -0.293 e. The summed E-state index contributed by atoms with van der Waals surface area (Å²) in [6, 6.07) is 0. The van der Waals surface area contributed by atoms with E-state index in [9.17, 15) is 0 Å². The van der Waals surface area contributed by atoms with E-state index in [1.807, 2.05) is 14.1 Å². The predicted molar refractivity (Wildman–Crippen MR) is 39.7 cm³/mol. The maximum atomic E-state index is 5.27. The average Bonchev–Trinajstić information content (AvgIpc) is 1.82. The van der Waals surface area contributed by atoms with Gasteiger partial charge in [0.05, 0.1) is 6.17 Å². The Morgan fingerprint density at radius 1 is 1.56 bits per heavy atom. The molecule has 3 N–H and O–H groups in total. The lowest BCUT2D eigenvalue weighted by Crippen LogP contribution is -2.45. The minimum absolute atomic E-state index is 0.329. The van der Waals surface area contributed by atoms with E-state index in [0.29, 0.717) is 6.17 Å². The smallest absolute Gasteiger partial charge is 0.0721 e. The fraction of sp³-hybridized carbons (Fsp3) is 1.00. The SMILES string of the molecule is CCCC(NN)N(C)C. The molecule has 0 fully saturated rings. The standard InChI is InChI=1S/C6H17N3/c1-4-5-6(8-7)9(2)3/h6,8H,4-5,7H2,1-3H3. The van der Waals surface area contributed by atoms with Crippen LogP contribution in [-0.4, -0.2) is 25.2 Å². The molecule has 0 rings (SSSR count). The zero-order chi connectivity index (χ0) is 7.28. The van der Waals surface area contributed by atoms with Gasteiger partial charge in [0.25, 0.3) is 0 Å². The number of hydrogen-bond donors (Lipinski definition) is 2. The zero-order valence-electron chi connectivity index (χ0n) is 6.52. The fourth-order valence-electron chi connectivity index (χ4n) is 0.764. The lowest BCUT2D eigenvalue weighted by molar-refractivity contribution is 0.233. The molecule has 1 unspecified atom stereocenters. The highest BCUT2D eigenvalue weighted by Crippen LogP contribution is 1.96. The quantitative estimate of drug-likeness (QED) is 0.324. The Bertz CT molecular complexity index is 63.3. The summed E-state index contributed by atoms with van der Waals surface area (Å²) in [5, 5.41) is 0. The number of nitrogens with two attached hydrogens (primary N) is 1. The van der Waals surface area contributed by atoms with Gasteiger partial charge in [-0.25, -0.2) is 5.43 Å². The van der Waals surface area contributed by atoms with Gasteiger partial charge in [0, 0.05) is 0 Å². The van der Waals surface area contributed by atoms with E-state index in [-0.39, 0.29) is 0 Å². The van der Waals surface area contributed by atoms with Crippen molar-refractivity contribution >= 4 is 0 Å². The van der Waals surface area contributed by atoms with Crippen molar-refractivity contribution in [3.8, 4) is 0 Å². The van der Waals surface area contributed by atoms with Crippen LogP contribution in [0.5, 0.6) is 0 Å². The van der Waals surface area contributed by atoms with E-state index >= 15 is 0 Å². The van der Waals surface area contributed by atoms with E-state index < -0.39 is 0 Å². The van der Waals surface area contributed by atoms with Crippen LogP contribution in [0.3, 0.4) is 0 Å². The molecule has 0 bridgehead atoms. The fourth-order valence-corrected chi connectivity index (χ4v) is 0.764. The van der Waals surface area contributed by atoms with Gasteiger partial charge in [0.15, 0.2) is 0 Å². The van der Waals surface area contributed by atoms with Gasteiger partial charge in [-0.2, -0.15) is 0 Å². The highest BCUT2D eigenvalue weighted by atomic mass is 15.4. The van der Waals surface area contributed by atoms with Gasteiger partial charge in [-0.15, -0.1) is 0 Å². The van der Waals surface area contributed by atoms with Gasteiger partial charge in [-0.3, -0.25) is 10.7 Å². The maximum absolute atomic E-state index is 5.27. The molecule has 0 aromatic heterocycles. The van der Waals surface area contributed by atoms with Crippen LogP contribution >= 0.6 is 0 Å². The Hall–Kier alpha value is -0.120. The van der Waals surface area contributed by atoms with Gasteiger partial charge < -0.3 is 0 Å². The first-order chi connectivity index (χ1) is 4.22. The molecule has 3 heteroatoms. The van der Waals surface area contributed by atoms with Crippen LogP contribution in [0, 0.1) is 0 Å². The summed E-state index contributed by atoms with van der Waals surface area (Å²) in [6.07, 6.45) is 2.59. The van der Waals surface area contributed by atoms with Crippen molar-refractivity contribution in [2.24, 2.45) is 5.84 Å². The first-order valence-electron chi connectivity index (χ1n) is 3.35. The van der Waals surface area contributed by atoms with Crippen molar-refractivity contribution in [1.82, 2.24) is 10.3 Å². The van der Waals surface area contributed by atoms with Crippen LogP contribution < -0.4 is 11.3 Å². The van der Waals surface area contributed by atoms with Crippen molar-refractivity contribution in [1.29, 1.82) is 0 Å². The van der Waals surface area contributed by atoms with Crippen molar-refractivity contribution < 1.29 is 0 Å². The molecule has 0 saturated heterocycles. The summed E-state index contributed by atoms with van der Waals surface area (Å²) >= 11 is 0. The van der Waals surface area contributed by atoms with Crippen LogP contribution in [0.2, 0.25) is 0 Å². The molecule has 0 aromatic rings. The number of hydrogen-bond acceptors (Lipinski definition) is 3. The second-order valence-corrected chi connectivity index (χ2v) is 2.43. The molecule has 0 aromatic carbocycles. The molecule has 0 aliphatic heterocycles. The Kier molecular flexibility index (Phi) is 4.67. The maximum Gasteiger partial charge on any atom is 0.0721 e. The molecule has 56 valence electrons. The van der Waals surface area contributed by atoms with Crippen LogP contribution in [0.1, 0.15) is 19.8 Å². The third kappa shape index (κ3) is 3.46. The van der Waals surface area contributed by atoms with E-state index in [0.717, 1.165) is 12.8 Å². The first kappa shape index (κ1) is 8.88.